The van der Waals surface area contributed by atoms with E-state index in [2.05, 4.69) is 16.8 Å². The Morgan fingerprint density at radius 2 is 1.86 bits per heavy atom. The van der Waals surface area contributed by atoms with E-state index in [1.807, 2.05) is 0 Å². The van der Waals surface area contributed by atoms with Crippen molar-refractivity contribution in [3.63, 3.8) is 0 Å². The van der Waals surface area contributed by atoms with Crippen LogP contribution in [-0.4, -0.2) is 87.6 Å². The maximum absolute atomic E-state index is 12.7. The van der Waals surface area contributed by atoms with E-state index >= 15 is 0 Å². The van der Waals surface area contributed by atoms with E-state index in [1.54, 1.807) is 4.90 Å². The Morgan fingerprint density at radius 1 is 1.19 bits per heavy atom. The number of likely N-dealkylation sites (N-methyl/N-ethyl adjacent to an activating group) is 1. The third-order valence-electron chi connectivity index (χ3n) is 4.23. The fraction of sp³-hybridized carbons (Fsp3) is 0.923. The minimum absolute atomic E-state index is 0.0537. The van der Waals surface area contributed by atoms with E-state index in [0.717, 1.165) is 39.1 Å². The highest BCUT2D eigenvalue weighted by atomic mass is 32.3. The van der Waals surface area contributed by atoms with E-state index < -0.39 is 21.9 Å². The molecule has 21 heavy (non-hydrogen) atoms. The van der Waals surface area contributed by atoms with Crippen molar-refractivity contribution in [2.24, 2.45) is 5.92 Å². The minimum atomic E-state index is -4.49. The predicted octanol–water partition coefficient (Wildman–Crippen LogP) is -0.228. The maximum Gasteiger partial charge on any atom is 0.302 e. The van der Waals surface area contributed by atoms with Crippen LogP contribution < -0.4 is 0 Å². The number of carbonyl (C=O) groups excluding carboxylic acids is 1. The first-order valence-electron chi connectivity index (χ1n) is 7.44. The SMILES string of the molecule is CN1CCN(CCCN2CC(CS(=O)(=O)F)CC2=O)CC1. The number of hydrogen-bond donors (Lipinski definition) is 0. The van der Waals surface area contributed by atoms with Crippen LogP contribution >= 0.6 is 0 Å². The zero-order valence-electron chi connectivity index (χ0n) is 12.5. The number of piperazine rings is 1. The summed E-state index contributed by atoms with van der Waals surface area (Å²) in [6.07, 6.45) is 1.03. The fourth-order valence-electron chi connectivity index (χ4n) is 3.02. The van der Waals surface area contributed by atoms with Crippen LogP contribution in [0.1, 0.15) is 12.8 Å². The highest BCUT2D eigenvalue weighted by Gasteiger charge is 2.32. The first kappa shape index (κ1) is 16.6. The summed E-state index contributed by atoms with van der Waals surface area (Å²) in [6.45, 7) is 6.18. The number of carbonyl (C=O) groups is 1. The zero-order chi connectivity index (χ0) is 15.5. The third kappa shape index (κ3) is 5.52. The Balaban J connectivity index is 1.68. The average molecular weight is 321 g/mol. The highest BCUT2D eigenvalue weighted by molar-refractivity contribution is 7.86. The molecule has 1 atom stereocenters. The maximum atomic E-state index is 12.7. The van der Waals surface area contributed by atoms with Gasteiger partial charge in [0.05, 0.1) is 5.75 Å². The van der Waals surface area contributed by atoms with Crippen LogP contribution in [0.3, 0.4) is 0 Å². The molecule has 2 aliphatic heterocycles. The van der Waals surface area contributed by atoms with Crippen molar-refractivity contribution in [3.05, 3.63) is 0 Å². The molecule has 0 N–H and O–H groups in total. The van der Waals surface area contributed by atoms with Crippen LogP contribution in [0.2, 0.25) is 0 Å². The van der Waals surface area contributed by atoms with Gasteiger partial charge in [0, 0.05) is 51.6 Å². The van der Waals surface area contributed by atoms with Crippen molar-refractivity contribution in [3.8, 4) is 0 Å². The molecule has 6 nitrogen and oxygen atoms in total. The van der Waals surface area contributed by atoms with E-state index in [0.29, 0.717) is 13.1 Å². The van der Waals surface area contributed by atoms with Crippen molar-refractivity contribution in [1.82, 2.24) is 14.7 Å². The first-order valence-corrected chi connectivity index (χ1v) is 9.00. The van der Waals surface area contributed by atoms with Gasteiger partial charge in [0.25, 0.3) is 0 Å². The molecule has 0 radical (unpaired) electrons. The van der Waals surface area contributed by atoms with Crippen molar-refractivity contribution in [2.75, 3.05) is 58.6 Å². The number of amides is 1. The van der Waals surface area contributed by atoms with Crippen LogP contribution in [0.5, 0.6) is 0 Å². The Hall–Kier alpha value is -0.730. The summed E-state index contributed by atoms with van der Waals surface area (Å²) in [5.74, 6) is -0.980. The predicted molar refractivity (Wildman–Crippen MR) is 78.1 cm³/mol. The molecule has 0 bridgehead atoms. The zero-order valence-corrected chi connectivity index (χ0v) is 13.3. The van der Waals surface area contributed by atoms with Crippen LogP contribution in [0.25, 0.3) is 0 Å². The molecule has 2 rings (SSSR count). The topological polar surface area (TPSA) is 60.9 Å². The first-order chi connectivity index (χ1) is 9.83. The lowest BCUT2D eigenvalue weighted by Gasteiger charge is -2.32. The number of hydrogen-bond acceptors (Lipinski definition) is 5. The lowest BCUT2D eigenvalue weighted by molar-refractivity contribution is -0.127. The molecule has 0 aromatic carbocycles. The Bertz CT molecular complexity index is 463. The van der Waals surface area contributed by atoms with Gasteiger partial charge < -0.3 is 14.7 Å². The normalized spacial score (nSPS) is 25.7. The smallest absolute Gasteiger partial charge is 0.302 e. The molecule has 0 aromatic rings. The van der Waals surface area contributed by atoms with Gasteiger partial charge in [-0.15, -0.1) is 3.89 Å². The Morgan fingerprint density at radius 3 is 2.48 bits per heavy atom. The van der Waals surface area contributed by atoms with Gasteiger partial charge in [-0.1, -0.05) is 0 Å². The van der Waals surface area contributed by atoms with Crippen LogP contribution in [0, 0.1) is 5.92 Å². The molecule has 0 spiro atoms. The van der Waals surface area contributed by atoms with Crippen molar-refractivity contribution in [2.45, 2.75) is 12.8 Å². The van der Waals surface area contributed by atoms with Crippen LogP contribution in [-0.2, 0) is 15.0 Å². The summed E-state index contributed by atoms with van der Waals surface area (Å²) in [6, 6.07) is 0. The average Bonchev–Trinajstić information content (AvgIpc) is 2.70. The van der Waals surface area contributed by atoms with Gasteiger partial charge in [-0.05, 0) is 20.0 Å². The number of rotatable bonds is 6. The quantitative estimate of drug-likeness (QED) is 0.633. The second-order valence-corrected chi connectivity index (χ2v) is 7.52. The van der Waals surface area contributed by atoms with Crippen molar-refractivity contribution < 1.29 is 17.1 Å². The number of nitrogens with zero attached hydrogens (tertiary/aromatic N) is 3. The minimum Gasteiger partial charge on any atom is -0.342 e. The summed E-state index contributed by atoms with van der Waals surface area (Å²) in [4.78, 5) is 18.1. The van der Waals surface area contributed by atoms with Gasteiger partial charge in [0.2, 0.25) is 5.91 Å². The number of halogens is 1. The number of likely N-dealkylation sites (tertiary alicyclic amines) is 1. The van der Waals surface area contributed by atoms with Gasteiger partial charge >= 0.3 is 10.2 Å². The molecule has 8 heteroatoms. The summed E-state index contributed by atoms with van der Waals surface area (Å²) in [5.41, 5.74) is 0. The second-order valence-electron chi connectivity index (χ2n) is 6.11. The van der Waals surface area contributed by atoms with Crippen LogP contribution in [0.4, 0.5) is 3.89 Å². The molecular weight excluding hydrogens is 297 g/mol. The Labute approximate surface area is 126 Å². The van der Waals surface area contributed by atoms with Crippen LogP contribution in [0.15, 0.2) is 0 Å². The lowest BCUT2D eigenvalue weighted by Crippen LogP contribution is -2.45. The van der Waals surface area contributed by atoms with Gasteiger partial charge in [0.1, 0.15) is 0 Å². The monoisotopic (exact) mass is 321 g/mol. The second kappa shape index (κ2) is 7.02. The van der Waals surface area contributed by atoms with Gasteiger partial charge in [0.15, 0.2) is 0 Å². The molecule has 2 aliphatic rings. The van der Waals surface area contributed by atoms with Crippen molar-refractivity contribution in [1.29, 1.82) is 0 Å². The van der Waals surface area contributed by atoms with Gasteiger partial charge in [-0.3, -0.25) is 4.79 Å². The molecule has 1 amide bonds. The van der Waals surface area contributed by atoms with E-state index in [-0.39, 0.29) is 12.3 Å². The standard InChI is InChI=1S/C13H24FN3O3S/c1-15-5-7-16(8-6-15)3-2-4-17-10-12(9-13(17)18)11-21(14,19)20/h12H,2-11H2,1H3. The molecule has 0 aromatic heterocycles. The highest BCUT2D eigenvalue weighted by Crippen LogP contribution is 2.20. The molecule has 2 fully saturated rings. The molecule has 2 saturated heterocycles. The molecule has 2 heterocycles. The molecule has 122 valence electrons. The summed E-state index contributed by atoms with van der Waals surface area (Å²) in [5, 5.41) is 0. The molecule has 1 unspecified atom stereocenters. The lowest BCUT2D eigenvalue weighted by atomic mass is 10.1. The fourth-order valence-corrected chi connectivity index (χ4v) is 3.81. The van der Waals surface area contributed by atoms with Gasteiger partial charge in [-0.25, -0.2) is 0 Å². The Kier molecular flexibility index (Phi) is 5.56. The molecule has 0 aliphatic carbocycles. The van der Waals surface area contributed by atoms with E-state index in [1.165, 1.54) is 0 Å². The summed E-state index contributed by atoms with van der Waals surface area (Å²) in [7, 11) is -2.38. The van der Waals surface area contributed by atoms with Gasteiger partial charge in [-0.2, -0.15) is 8.42 Å². The van der Waals surface area contributed by atoms with Crippen molar-refractivity contribution >= 4 is 16.1 Å². The van der Waals surface area contributed by atoms with E-state index in [9.17, 15) is 17.1 Å². The largest absolute Gasteiger partial charge is 0.342 e. The molecule has 0 saturated carbocycles. The third-order valence-corrected chi connectivity index (χ3v) is 5.10. The molecular formula is C13H24FN3O3S. The summed E-state index contributed by atoms with van der Waals surface area (Å²) >= 11 is 0. The summed E-state index contributed by atoms with van der Waals surface area (Å²) < 4.78 is 33.9. The van der Waals surface area contributed by atoms with E-state index in [4.69, 9.17) is 0 Å².